The Morgan fingerprint density at radius 3 is 2.32 bits per heavy atom. The zero-order valence-electron chi connectivity index (χ0n) is 18.2. The van der Waals surface area contributed by atoms with E-state index in [9.17, 15) is 4.79 Å². The van der Waals surface area contributed by atoms with Gasteiger partial charge in [-0.3, -0.25) is 4.79 Å². The first-order chi connectivity index (χ1) is 15.0. The van der Waals surface area contributed by atoms with Gasteiger partial charge in [-0.25, -0.2) is 9.97 Å². The second kappa shape index (κ2) is 8.67. The van der Waals surface area contributed by atoms with E-state index in [0.29, 0.717) is 39.8 Å². The van der Waals surface area contributed by atoms with Crippen molar-refractivity contribution in [2.75, 3.05) is 39.7 Å². The molecule has 0 radical (unpaired) electrons. The van der Waals surface area contributed by atoms with E-state index in [-0.39, 0.29) is 5.91 Å². The zero-order valence-corrected chi connectivity index (χ0v) is 18.2. The molecule has 1 N–H and O–H groups in total. The van der Waals surface area contributed by atoms with Crippen molar-refractivity contribution in [3.8, 4) is 17.2 Å². The average molecular weight is 422 g/mol. The number of rotatable bonds is 6. The molecule has 1 aliphatic heterocycles. The number of carbonyl (C=O) groups excluding carboxylic acids is 1. The summed E-state index contributed by atoms with van der Waals surface area (Å²) in [5.41, 5.74) is 3.29. The molecular weight excluding hydrogens is 396 g/mol. The van der Waals surface area contributed by atoms with E-state index in [1.54, 1.807) is 39.7 Å². The van der Waals surface area contributed by atoms with Gasteiger partial charge in [-0.1, -0.05) is 0 Å². The lowest BCUT2D eigenvalue weighted by Crippen LogP contribution is -2.28. The van der Waals surface area contributed by atoms with Crippen LogP contribution in [0.25, 0.3) is 11.0 Å². The van der Waals surface area contributed by atoms with Crippen molar-refractivity contribution in [2.24, 2.45) is 0 Å². The highest BCUT2D eigenvalue weighted by Gasteiger charge is 2.24. The van der Waals surface area contributed by atoms with Crippen LogP contribution in [0.1, 0.15) is 28.9 Å². The number of likely N-dealkylation sites (tertiary alicyclic amines) is 1. The molecule has 1 aliphatic rings. The molecule has 1 amide bonds. The number of nitrogens with zero attached hydrogens (tertiary/aromatic N) is 3. The molecular formula is C23H26N4O4. The Kier molecular flexibility index (Phi) is 5.79. The predicted octanol–water partition coefficient (Wildman–Crippen LogP) is 3.94. The van der Waals surface area contributed by atoms with Crippen molar-refractivity contribution in [2.45, 2.75) is 19.8 Å². The molecule has 1 aromatic carbocycles. The van der Waals surface area contributed by atoms with Gasteiger partial charge in [-0.2, -0.15) is 0 Å². The van der Waals surface area contributed by atoms with Crippen LogP contribution < -0.4 is 19.5 Å². The number of pyridine rings is 2. The molecule has 31 heavy (non-hydrogen) atoms. The molecule has 162 valence electrons. The van der Waals surface area contributed by atoms with Gasteiger partial charge in [0.15, 0.2) is 17.1 Å². The smallest absolute Gasteiger partial charge is 0.257 e. The number of fused-ring (bicyclic) bond motifs is 1. The predicted molar refractivity (Wildman–Crippen MR) is 119 cm³/mol. The number of amides is 1. The fourth-order valence-corrected chi connectivity index (χ4v) is 3.86. The summed E-state index contributed by atoms with van der Waals surface area (Å²) in [6.07, 6.45) is 3.64. The van der Waals surface area contributed by atoms with Crippen molar-refractivity contribution in [1.29, 1.82) is 0 Å². The van der Waals surface area contributed by atoms with Crippen LogP contribution in [-0.2, 0) is 0 Å². The van der Waals surface area contributed by atoms with Crippen LogP contribution in [0.2, 0.25) is 0 Å². The second-order valence-corrected chi connectivity index (χ2v) is 7.41. The molecule has 4 rings (SSSR count). The van der Waals surface area contributed by atoms with Crippen molar-refractivity contribution in [1.82, 2.24) is 14.9 Å². The minimum Gasteiger partial charge on any atom is -0.493 e. The van der Waals surface area contributed by atoms with Gasteiger partial charge in [0.05, 0.1) is 32.6 Å². The van der Waals surface area contributed by atoms with Crippen LogP contribution in [-0.4, -0.2) is 55.2 Å². The van der Waals surface area contributed by atoms with Gasteiger partial charge in [0.25, 0.3) is 5.91 Å². The van der Waals surface area contributed by atoms with E-state index in [4.69, 9.17) is 14.2 Å². The third kappa shape index (κ3) is 3.93. The minimum atomic E-state index is -0.0394. The Hall–Kier alpha value is -3.55. The Labute approximate surface area is 181 Å². The summed E-state index contributed by atoms with van der Waals surface area (Å²) in [7, 11) is 4.69. The van der Waals surface area contributed by atoms with Crippen LogP contribution in [0.5, 0.6) is 17.2 Å². The van der Waals surface area contributed by atoms with E-state index >= 15 is 0 Å². The molecule has 0 spiro atoms. The third-order valence-corrected chi connectivity index (χ3v) is 5.43. The van der Waals surface area contributed by atoms with E-state index in [1.807, 2.05) is 24.0 Å². The lowest BCUT2D eigenvalue weighted by molar-refractivity contribution is 0.0793. The SMILES string of the molecule is COc1cc(Nc2c(C(=O)N3CCCC3)cnc3nc(C)ccc23)cc(OC)c1OC. The number of aryl methyl sites for hydroxylation is 1. The van der Waals surface area contributed by atoms with Crippen LogP contribution in [0.4, 0.5) is 11.4 Å². The zero-order chi connectivity index (χ0) is 22.0. The van der Waals surface area contributed by atoms with Crippen LogP contribution in [0.15, 0.2) is 30.5 Å². The summed E-state index contributed by atoms with van der Waals surface area (Å²) in [4.78, 5) is 24.1. The van der Waals surface area contributed by atoms with Gasteiger partial charge in [-0.05, 0) is 31.9 Å². The Balaban J connectivity index is 1.85. The van der Waals surface area contributed by atoms with Gasteiger partial charge < -0.3 is 24.4 Å². The van der Waals surface area contributed by atoms with Crippen molar-refractivity contribution in [3.63, 3.8) is 0 Å². The van der Waals surface area contributed by atoms with E-state index in [1.165, 1.54) is 0 Å². The maximum Gasteiger partial charge on any atom is 0.257 e. The molecule has 8 heteroatoms. The topological polar surface area (TPSA) is 85.8 Å². The van der Waals surface area contributed by atoms with Gasteiger partial charge >= 0.3 is 0 Å². The van der Waals surface area contributed by atoms with E-state index in [2.05, 4.69) is 15.3 Å². The maximum absolute atomic E-state index is 13.3. The van der Waals surface area contributed by atoms with E-state index in [0.717, 1.165) is 37.0 Å². The average Bonchev–Trinajstić information content (AvgIpc) is 3.33. The molecule has 1 fully saturated rings. The summed E-state index contributed by atoms with van der Waals surface area (Å²) in [5, 5.41) is 4.17. The molecule has 0 saturated carbocycles. The molecule has 3 aromatic rings. The van der Waals surface area contributed by atoms with Crippen molar-refractivity contribution < 1.29 is 19.0 Å². The monoisotopic (exact) mass is 422 g/mol. The third-order valence-electron chi connectivity index (χ3n) is 5.43. The summed E-state index contributed by atoms with van der Waals surface area (Å²) in [5.74, 6) is 1.50. The second-order valence-electron chi connectivity index (χ2n) is 7.41. The number of anilines is 2. The summed E-state index contributed by atoms with van der Waals surface area (Å²) >= 11 is 0. The number of hydrogen-bond donors (Lipinski definition) is 1. The number of nitrogens with one attached hydrogen (secondary N) is 1. The number of methoxy groups -OCH3 is 3. The summed E-state index contributed by atoms with van der Waals surface area (Å²) < 4.78 is 16.4. The molecule has 0 unspecified atom stereocenters. The molecule has 2 aromatic heterocycles. The molecule has 1 saturated heterocycles. The van der Waals surface area contributed by atoms with Crippen molar-refractivity contribution >= 4 is 28.3 Å². The lowest BCUT2D eigenvalue weighted by atomic mass is 10.1. The van der Waals surface area contributed by atoms with Gasteiger partial charge in [0, 0.05) is 48.2 Å². The fraction of sp³-hybridized carbons (Fsp3) is 0.348. The first-order valence-corrected chi connectivity index (χ1v) is 10.2. The first-order valence-electron chi connectivity index (χ1n) is 10.2. The largest absolute Gasteiger partial charge is 0.493 e. The quantitative estimate of drug-likeness (QED) is 0.644. The normalized spacial score (nSPS) is 13.4. The van der Waals surface area contributed by atoms with Crippen LogP contribution in [0, 0.1) is 6.92 Å². The number of ether oxygens (including phenoxy) is 3. The van der Waals surface area contributed by atoms with E-state index < -0.39 is 0 Å². The standard InChI is InChI=1S/C23H26N4O4/c1-14-7-8-16-20(26-15-11-18(29-2)21(31-4)19(12-15)30-3)17(13-24-22(16)25-14)23(28)27-9-5-6-10-27/h7-8,11-13H,5-6,9-10H2,1-4H3,(H,24,25,26). The Morgan fingerprint density at radius 1 is 1.03 bits per heavy atom. The fourth-order valence-electron chi connectivity index (χ4n) is 3.86. The lowest BCUT2D eigenvalue weighted by Gasteiger charge is -2.20. The highest BCUT2D eigenvalue weighted by atomic mass is 16.5. The number of hydrogen-bond acceptors (Lipinski definition) is 7. The van der Waals surface area contributed by atoms with Gasteiger partial charge in [0.1, 0.15) is 0 Å². The Morgan fingerprint density at radius 2 is 1.71 bits per heavy atom. The minimum absolute atomic E-state index is 0.0394. The molecule has 3 heterocycles. The van der Waals surface area contributed by atoms with Crippen LogP contribution >= 0.6 is 0 Å². The summed E-state index contributed by atoms with van der Waals surface area (Å²) in [6, 6.07) is 7.46. The van der Waals surface area contributed by atoms with Crippen LogP contribution in [0.3, 0.4) is 0 Å². The van der Waals surface area contributed by atoms with Gasteiger partial charge in [-0.15, -0.1) is 0 Å². The Bertz CT molecular complexity index is 1100. The highest BCUT2D eigenvalue weighted by Crippen LogP contribution is 2.41. The molecule has 0 aliphatic carbocycles. The first kappa shape index (κ1) is 20.7. The molecule has 0 atom stereocenters. The van der Waals surface area contributed by atoms with Crippen molar-refractivity contribution in [3.05, 3.63) is 41.7 Å². The molecule has 0 bridgehead atoms. The highest BCUT2D eigenvalue weighted by molar-refractivity contribution is 6.07. The number of benzene rings is 1. The number of aromatic nitrogens is 2. The van der Waals surface area contributed by atoms with Gasteiger partial charge in [0.2, 0.25) is 5.75 Å². The summed E-state index contributed by atoms with van der Waals surface area (Å²) in [6.45, 7) is 3.43. The molecule has 8 nitrogen and oxygen atoms in total. The maximum atomic E-state index is 13.3. The number of carbonyl (C=O) groups is 1.